The summed E-state index contributed by atoms with van der Waals surface area (Å²) in [4.78, 5) is 0. The minimum Gasteiger partial charge on any atom is -0.381 e. The predicted octanol–water partition coefficient (Wildman–Crippen LogP) is 2.97. The zero-order valence-electron chi connectivity index (χ0n) is 11.5. The van der Waals surface area contributed by atoms with Gasteiger partial charge in [-0.25, -0.2) is 0 Å². The molecule has 2 nitrogen and oxygen atoms in total. The first-order chi connectivity index (χ1) is 8.83. The average Bonchev–Trinajstić information content (AvgIpc) is 2.78. The van der Waals surface area contributed by atoms with E-state index in [1.807, 2.05) is 0 Å². The van der Waals surface area contributed by atoms with Gasteiger partial charge in [0.15, 0.2) is 0 Å². The van der Waals surface area contributed by atoms with E-state index >= 15 is 0 Å². The van der Waals surface area contributed by atoms with E-state index in [2.05, 4.69) is 5.32 Å². The Bertz CT molecular complexity index is 306. The van der Waals surface area contributed by atoms with Gasteiger partial charge in [0.1, 0.15) is 0 Å². The van der Waals surface area contributed by atoms with Gasteiger partial charge in [0, 0.05) is 24.6 Å². The van der Waals surface area contributed by atoms with Gasteiger partial charge in [-0.15, -0.1) is 0 Å². The minimum atomic E-state index is 0.498. The van der Waals surface area contributed by atoms with E-state index in [4.69, 9.17) is 4.74 Å². The van der Waals surface area contributed by atoms with Gasteiger partial charge < -0.3 is 10.1 Å². The van der Waals surface area contributed by atoms with Gasteiger partial charge in [-0.3, -0.25) is 0 Å². The first kappa shape index (κ1) is 11.7. The van der Waals surface area contributed by atoms with Crippen molar-refractivity contribution in [2.24, 2.45) is 23.2 Å². The van der Waals surface area contributed by atoms with Crippen LogP contribution in [-0.4, -0.2) is 25.8 Å². The van der Waals surface area contributed by atoms with Crippen molar-refractivity contribution in [3.63, 3.8) is 0 Å². The summed E-state index contributed by atoms with van der Waals surface area (Å²) >= 11 is 0. The number of ether oxygens (including phenoxy) is 1. The third-order valence-electron chi connectivity index (χ3n) is 6.11. The standard InChI is InChI=1S/C16H27NO/c1-2-13-7-12(1)8-14(13)9-16(5-6-18-11-16)10-17-15-3-4-15/h12-15,17H,1-11H2. The van der Waals surface area contributed by atoms with Crippen LogP contribution in [0.25, 0.3) is 0 Å². The van der Waals surface area contributed by atoms with Crippen molar-refractivity contribution in [3.8, 4) is 0 Å². The SMILES string of the molecule is C1CC(CNC2CC2)(CC2CC3CCC2C3)CO1. The van der Waals surface area contributed by atoms with Gasteiger partial charge >= 0.3 is 0 Å². The molecule has 0 spiro atoms. The lowest BCUT2D eigenvalue weighted by Crippen LogP contribution is -2.38. The second kappa shape index (κ2) is 4.49. The van der Waals surface area contributed by atoms with E-state index in [-0.39, 0.29) is 0 Å². The van der Waals surface area contributed by atoms with Crippen LogP contribution < -0.4 is 5.32 Å². The highest BCUT2D eigenvalue weighted by molar-refractivity contribution is 4.97. The molecule has 2 heteroatoms. The maximum Gasteiger partial charge on any atom is 0.0535 e. The third kappa shape index (κ3) is 2.22. The topological polar surface area (TPSA) is 21.3 Å². The molecule has 102 valence electrons. The first-order valence-corrected chi connectivity index (χ1v) is 8.14. The molecule has 1 N–H and O–H groups in total. The summed E-state index contributed by atoms with van der Waals surface area (Å²) in [6.45, 7) is 3.26. The van der Waals surface area contributed by atoms with Gasteiger partial charge in [0.05, 0.1) is 6.61 Å². The molecule has 2 bridgehead atoms. The average molecular weight is 249 g/mol. The molecular formula is C16H27NO. The fraction of sp³-hybridized carbons (Fsp3) is 1.00. The normalized spacial score (nSPS) is 47.0. The number of rotatable bonds is 5. The molecule has 0 radical (unpaired) electrons. The molecule has 4 aliphatic rings. The molecule has 3 aliphatic carbocycles. The van der Waals surface area contributed by atoms with Crippen LogP contribution in [0.3, 0.4) is 0 Å². The highest BCUT2D eigenvalue weighted by atomic mass is 16.5. The Balaban J connectivity index is 1.39. The van der Waals surface area contributed by atoms with Crippen molar-refractivity contribution < 1.29 is 4.74 Å². The van der Waals surface area contributed by atoms with Crippen LogP contribution in [0.5, 0.6) is 0 Å². The fourth-order valence-electron chi connectivity index (χ4n) is 4.85. The predicted molar refractivity (Wildman–Crippen MR) is 72.4 cm³/mol. The number of hydrogen-bond acceptors (Lipinski definition) is 2. The minimum absolute atomic E-state index is 0.498. The summed E-state index contributed by atoms with van der Waals surface area (Å²) in [5.41, 5.74) is 0.498. The van der Waals surface area contributed by atoms with Crippen molar-refractivity contribution in [1.29, 1.82) is 0 Å². The van der Waals surface area contributed by atoms with E-state index in [9.17, 15) is 0 Å². The van der Waals surface area contributed by atoms with Crippen molar-refractivity contribution in [2.75, 3.05) is 19.8 Å². The lowest BCUT2D eigenvalue weighted by molar-refractivity contribution is 0.117. The Morgan fingerprint density at radius 1 is 1.11 bits per heavy atom. The molecule has 0 aromatic rings. The fourth-order valence-corrected chi connectivity index (χ4v) is 4.85. The molecule has 1 heterocycles. The van der Waals surface area contributed by atoms with Gasteiger partial charge in [0.2, 0.25) is 0 Å². The summed E-state index contributed by atoms with van der Waals surface area (Å²) in [6.07, 6.45) is 11.7. The van der Waals surface area contributed by atoms with Crippen molar-refractivity contribution in [3.05, 3.63) is 0 Å². The zero-order chi connectivity index (χ0) is 12.0. The molecule has 0 aromatic carbocycles. The van der Waals surface area contributed by atoms with Crippen molar-refractivity contribution in [1.82, 2.24) is 5.32 Å². The molecule has 4 rings (SSSR count). The van der Waals surface area contributed by atoms with Crippen molar-refractivity contribution in [2.45, 2.75) is 57.4 Å². The van der Waals surface area contributed by atoms with Gasteiger partial charge in [-0.2, -0.15) is 0 Å². The number of fused-ring (bicyclic) bond motifs is 2. The van der Waals surface area contributed by atoms with E-state index in [1.165, 1.54) is 51.5 Å². The maximum absolute atomic E-state index is 5.76. The van der Waals surface area contributed by atoms with Crippen LogP contribution in [0, 0.1) is 23.2 Å². The molecule has 3 saturated carbocycles. The highest BCUT2D eigenvalue weighted by Gasteiger charge is 2.45. The molecule has 18 heavy (non-hydrogen) atoms. The first-order valence-electron chi connectivity index (χ1n) is 8.14. The Kier molecular flexibility index (Phi) is 2.92. The van der Waals surface area contributed by atoms with Crippen LogP contribution in [0.2, 0.25) is 0 Å². The molecule has 1 aliphatic heterocycles. The second-order valence-corrected chi connectivity index (χ2v) is 7.60. The highest BCUT2D eigenvalue weighted by Crippen LogP contribution is 2.53. The maximum atomic E-state index is 5.76. The van der Waals surface area contributed by atoms with Crippen molar-refractivity contribution >= 4 is 0 Å². The largest absolute Gasteiger partial charge is 0.381 e. The molecule has 1 saturated heterocycles. The molecule has 4 unspecified atom stereocenters. The summed E-state index contributed by atoms with van der Waals surface area (Å²) in [5.74, 6) is 3.20. The summed E-state index contributed by atoms with van der Waals surface area (Å²) in [6, 6.07) is 0.850. The molecule has 4 atom stereocenters. The monoisotopic (exact) mass is 249 g/mol. The van der Waals surface area contributed by atoms with Gasteiger partial charge in [0.25, 0.3) is 0 Å². The quantitative estimate of drug-likeness (QED) is 0.809. The van der Waals surface area contributed by atoms with E-state index in [0.29, 0.717) is 5.41 Å². The third-order valence-corrected chi connectivity index (χ3v) is 6.11. The summed E-state index contributed by atoms with van der Waals surface area (Å²) in [7, 11) is 0. The van der Waals surface area contributed by atoms with E-state index < -0.39 is 0 Å². The Hall–Kier alpha value is -0.0800. The second-order valence-electron chi connectivity index (χ2n) is 7.60. The number of nitrogens with one attached hydrogen (secondary N) is 1. The lowest BCUT2D eigenvalue weighted by atomic mass is 9.73. The van der Waals surface area contributed by atoms with Gasteiger partial charge in [-0.05, 0) is 62.7 Å². The Morgan fingerprint density at radius 3 is 2.67 bits per heavy atom. The van der Waals surface area contributed by atoms with Crippen LogP contribution in [0.1, 0.15) is 51.4 Å². The van der Waals surface area contributed by atoms with Crippen LogP contribution >= 0.6 is 0 Å². The zero-order valence-corrected chi connectivity index (χ0v) is 11.5. The molecular weight excluding hydrogens is 222 g/mol. The van der Waals surface area contributed by atoms with Crippen LogP contribution in [0.4, 0.5) is 0 Å². The Labute approximate surface area is 111 Å². The summed E-state index contributed by atoms with van der Waals surface area (Å²) in [5, 5.41) is 3.78. The summed E-state index contributed by atoms with van der Waals surface area (Å²) < 4.78 is 5.76. The van der Waals surface area contributed by atoms with E-state index in [1.54, 1.807) is 6.42 Å². The Morgan fingerprint density at radius 2 is 2.06 bits per heavy atom. The molecule has 4 fully saturated rings. The van der Waals surface area contributed by atoms with Crippen LogP contribution in [0.15, 0.2) is 0 Å². The van der Waals surface area contributed by atoms with Gasteiger partial charge in [-0.1, -0.05) is 6.42 Å². The van der Waals surface area contributed by atoms with E-state index in [0.717, 1.165) is 37.0 Å². The molecule has 0 aromatic heterocycles. The number of hydrogen-bond donors (Lipinski definition) is 1. The lowest BCUT2D eigenvalue weighted by Gasteiger charge is -2.34. The smallest absolute Gasteiger partial charge is 0.0535 e. The molecule has 0 amide bonds. The van der Waals surface area contributed by atoms with Crippen LogP contribution in [-0.2, 0) is 4.74 Å².